The maximum Gasteiger partial charge on any atom is 0.339 e. The quantitative estimate of drug-likeness (QED) is 0.680. The normalized spacial score (nSPS) is 15.5. The van der Waals surface area contributed by atoms with Crippen molar-refractivity contribution in [2.45, 2.75) is 39.2 Å². The number of hydrogen-bond donors (Lipinski definition) is 2. The van der Waals surface area contributed by atoms with Crippen LogP contribution >= 0.6 is 0 Å². The molecule has 0 radical (unpaired) electrons. The Bertz CT molecular complexity index is 883. The summed E-state index contributed by atoms with van der Waals surface area (Å²) in [5, 5.41) is 3.07. The molecule has 2 N–H and O–H groups in total. The number of rotatable bonds is 7. The number of esters is 1. The predicted molar refractivity (Wildman–Crippen MR) is 115 cm³/mol. The summed E-state index contributed by atoms with van der Waals surface area (Å²) in [4.78, 5) is 30.4. The van der Waals surface area contributed by atoms with Gasteiger partial charge in [0.2, 0.25) is 0 Å². The summed E-state index contributed by atoms with van der Waals surface area (Å²) in [6.07, 6.45) is 3.57. The SMILES string of the molecule is COC(=O)c1c(C)[nH]c(C(=O)NC[C@H](c2ccc(OC)cc2)N2CCCCC2)c1C. The number of likely N-dealkylation sites (tertiary alicyclic amines) is 1. The molecule has 1 aliphatic heterocycles. The number of aromatic amines is 1. The standard InChI is InChI=1S/C23H31N3O4/c1-15-20(23(28)30-4)16(2)25-21(15)22(27)24-14-19(26-12-6-5-7-13-26)17-8-10-18(29-3)11-9-17/h8-11,19,25H,5-7,12-14H2,1-4H3,(H,24,27)/t19-/m1/s1. The molecule has 1 fully saturated rings. The number of carbonyl (C=O) groups excluding carboxylic acids is 2. The summed E-state index contributed by atoms with van der Waals surface area (Å²) in [6.45, 7) is 6.04. The minimum atomic E-state index is -0.440. The van der Waals surface area contributed by atoms with Crippen molar-refractivity contribution in [3.63, 3.8) is 0 Å². The molecule has 0 unspecified atom stereocenters. The number of ether oxygens (including phenoxy) is 2. The average molecular weight is 414 g/mol. The molecule has 1 aliphatic rings. The molecular weight excluding hydrogens is 382 g/mol. The van der Waals surface area contributed by atoms with E-state index in [1.807, 2.05) is 12.1 Å². The van der Waals surface area contributed by atoms with Crippen LogP contribution in [-0.4, -0.2) is 55.6 Å². The van der Waals surface area contributed by atoms with Gasteiger partial charge in [0.25, 0.3) is 5.91 Å². The highest BCUT2D eigenvalue weighted by Gasteiger charge is 2.26. The number of nitrogens with zero attached hydrogens (tertiary/aromatic N) is 1. The van der Waals surface area contributed by atoms with Crippen LogP contribution in [0.25, 0.3) is 0 Å². The Balaban J connectivity index is 1.78. The maximum absolute atomic E-state index is 12.9. The number of benzene rings is 1. The van der Waals surface area contributed by atoms with E-state index < -0.39 is 5.97 Å². The van der Waals surface area contributed by atoms with Crippen molar-refractivity contribution in [3.8, 4) is 5.75 Å². The van der Waals surface area contributed by atoms with Gasteiger partial charge < -0.3 is 19.8 Å². The molecule has 3 rings (SSSR count). The maximum atomic E-state index is 12.9. The highest BCUT2D eigenvalue weighted by atomic mass is 16.5. The van der Waals surface area contributed by atoms with Crippen LogP contribution in [0.15, 0.2) is 24.3 Å². The number of hydrogen-bond acceptors (Lipinski definition) is 5. The van der Waals surface area contributed by atoms with Crippen LogP contribution in [0, 0.1) is 13.8 Å². The Morgan fingerprint density at radius 3 is 2.37 bits per heavy atom. The van der Waals surface area contributed by atoms with Gasteiger partial charge in [-0.15, -0.1) is 0 Å². The number of H-pyrrole nitrogens is 1. The fraction of sp³-hybridized carbons (Fsp3) is 0.478. The second-order valence-corrected chi connectivity index (χ2v) is 7.71. The lowest BCUT2D eigenvalue weighted by Crippen LogP contribution is -2.40. The topological polar surface area (TPSA) is 83.7 Å². The summed E-state index contributed by atoms with van der Waals surface area (Å²) >= 11 is 0. The summed E-state index contributed by atoms with van der Waals surface area (Å²) < 4.78 is 10.1. The second kappa shape index (κ2) is 9.80. The molecule has 7 nitrogen and oxygen atoms in total. The fourth-order valence-electron chi connectivity index (χ4n) is 4.18. The molecule has 0 saturated carbocycles. The van der Waals surface area contributed by atoms with Gasteiger partial charge in [-0.3, -0.25) is 9.69 Å². The van der Waals surface area contributed by atoms with Gasteiger partial charge in [-0.05, 0) is 63.0 Å². The fourth-order valence-corrected chi connectivity index (χ4v) is 4.18. The highest BCUT2D eigenvalue weighted by Crippen LogP contribution is 2.26. The summed E-state index contributed by atoms with van der Waals surface area (Å²) in [5.41, 5.74) is 3.21. The van der Waals surface area contributed by atoms with E-state index in [4.69, 9.17) is 9.47 Å². The Labute approximate surface area is 177 Å². The van der Waals surface area contributed by atoms with Crippen molar-refractivity contribution in [2.24, 2.45) is 0 Å². The van der Waals surface area contributed by atoms with Gasteiger partial charge in [0.1, 0.15) is 11.4 Å². The van der Waals surface area contributed by atoms with Crippen LogP contribution < -0.4 is 10.1 Å². The lowest BCUT2D eigenvalue weighted by molar-refractivity contribution is 0.0599. The van der Waals surface area contributed by atoms with Gasteiger partial charge in [0.05, 0.1) is 25.8 Å². The number of carbonyl (C=O) groups is 2. The molecular formula is C23H31N3O4. The minimum Gasteiger partial charge on any atom is -0.497 e. The molecule has 0 spiro atoms. The Hall–Kier alpha value is -2.80. The van der Waals surface area contributed by atoms with Crippen molar-refractivity contribution in [3.05, 3.63) is 52.3 Å². The molecule has 2 heterocycles. The first-order valence-corrected chi connectivity index (χ1v) is 10.4. The summed E-state index contributed by atoms with van der Waals surface area (Å²) in [5.74, 6) is 0.152. The molecule has 7 heteroatoms. The minimum absolute atomic E-state index is 0.0802. The molecule has 30 heavy (non-hydrogen) atoms. The molecule has 0 aliphatic carbocycles. The van der Waals surface area contributed by atoms with Gasteiger partial charge >= 0.3 is 5.97 Å². The Morgan fingerprint density at radius 1 is 1.10 bits per heavy atom. The number of methoxy groups -OCH3 is 2. The van der Waals surface area contributed by atoms with Crippen LogP contribution in [-0.2, 0) is 4.74 Å². The molecule has 1 aromatic carbocycles. The first kappa shape index (κ1) is 21.9. The van der Waals surface area contributed by atoms with Gasteiger partial charge in [-0.25, -0.2) is 4.79 Å². The van der Waals surface area contributed by atoms with Crippen LogP contribution in [0.1, 0.15) is 63.0 Å². The van der Waals surface area contributed by atoms with Crippen LogP contribution in [0.5, 0.6) is 5.75 Å². The van der Waals surface area contributed by atoms with Gasteiger partial charge in [-0.2, -0.15) is 0 Å². The Morgan fingerprint density at radius 2 is 1.77 bits per heavy atom. The van der Waals surface area contributed by atoms with Crippen LogP contribution in [0.2, 0.25) is 0 Å². The number of aryl methyl sites for hydroxylation is 1. The van der Waals surface area contributed by atoms with Crippen molar-refractivity contribution in [1.82, 2.24) is 15.2 Å². The van der Waals surface area contributed by atoms with Crippen molar-refractivity contribution >= 4 is 11.9 Å². The molecule has 1 amide bonds. The van der Waals surface area contributed by atoms with E-state index in [1.54, 1.807) is 21.0 Å². The van der Waals surface area contributed by atoms with Crippen molar-refractivity contribution in [1.29, 1.82) is 0 Å². The zero-order valence-corrected chi connectivity index (χ0v) is 18.2. The third kappa shape index (κ3) is 4.67. The zero-order chi connectivity index (χ0) is 21.7. The van der Waals surface area contributed by atoms with Crippen LogP contribution in [0.3, 0.4) is 0 Å². The van der Waals surface area contributed by atoms with E-state index >= 15 is 0 Å². The van der Waals surface area contributed by atoms with E-state index in [0.29, 0.717) is 29.1 Å². The number of aromatic nitrogens is 1. The molecule has 1 aromatic heterocycles. The summed E-state index contributed by atoms with van der Waals surface area (Å²) in [6, 6.07) is 8.11. The third-order valence-electron chi connectivity index (χ3n) is 5.84. The van der Waals surface area contributed by atoms with E-state index in [2.05, 4.69) is 27.3 Å². The molecule has 162 valence electrons. The monoisotopic (exact) mass is 413 g/mol. The van der Waals surface area contributed by atoms with E-state index in [1.165, 1.54) is 13.5 Å². The highest BCUT2D eigenvalue weighted by molar-refractivity contribution is 6.00. The Kier molecular flexibility index (Phi) is 7.15. The second-order valence-electron chi connectivity index (χ2n) is 7.71. The first-order chi connectivity index (χ1) is 14.5. The smallest absolute Gasteiger partial charge is 0.339 e. The van der Waals surface area contributed by atoms with E-state index in [0.717, 1.165) is 37.2 Å². The van der Waals surface area contributed by atoms with Crippen molar-refractivity contribution in [2.75, 3.05) is 33.9 Å². The third-order valence-corrected chi connectivity index (χ3v) is 5.84. The molecule has 2 aromatic rings. The largest absolute Gasteiger partial charge is 0.497 e. The lowest BCUT2D eigenvalue weighted by Gasteiger charge is -2.35. The number of amides is 1. The van der Waals surface area contributed by atoms with Gasteiger partial charge in [-0.1, -0.05) is 18.6 Å². The zero-order valence-electron chi connectivity index (χ0n) is 18.2. The first-order valence-electron chi connectivity index (χ1n) is 10.4. The predicted octanol–water partition coefficient (Wildman–Crippen LogP) is 3.38. The van der Waals surface area contributed by atoms with E-state index in [9.17, 15) is 9.59 Å². The van der Waals surface area contributed by atoms with Crippen molar-refractivity contribution < 1.29 is 19.1 Å². The number of nitrogens with one attached hydrogen (secondary N) is 2. The van der Waals surface area contributed by atoms with Gasteiger partial charge in [0, 0.05) is 12.2 Å². The molecule has 1 atom stereocenters. The average Bonchev–Trinajstić information content (AvgIpc) is 3.08. The molecule has 0 bridgehead atoms. The van der Waals surface area contributed by atoms with E-state index in [-0.39, 0.29) is 11.9 Å². The lowest BCUT2D eigenvalue weighted by atomic mass is 10.0. The summed E-state index contributed by atoms with van der Waals surface area (Å²) in [7, 11) is 2.99. The van der Waals surface area contributed by atoms with Crippen LogP contribution in [0.4, 0.5) is 0 Å². The van der Waals surface area contributed by atoms with Gasteiger partial charge in [0.15, 0.2) is 0 Å². The molecule has 1 saturated heterocycles. The number of piperidine rings is 1.